The molecule has 0 radical (unpaired) electrons. The van der Waals surface area contributed by atoms with E-state index < -0.39 is 12.1 Å². The number of likely N-dealkylation sites (tertiary alicyclic amines) is 1. The molecule has 3 fully saturated rings. The topological polar surface area (TPSA) is 91.8 Å². The maximum atomic E-state index is 13.0. The van der Waals surface area contributed by atoms with Crippen LogP contribution in [0.15, 0.2) is 5.38 Å². The molecular formula is C19H26F3N3O4S. The van der Waals surface area contributed by atoms with E-state index in [1.807, 2.05) is 6.92 Å². The van der Waals surface area contributed by atoms with Crippen LogP contribution in [0.3, 0.4) is 0 Å². The van der Waals surface area contributed by atoms with Gasteiger partial charge in [0.25, 0.3) is 0 Å². The van der Waals surface area contributed by atoms with Crippen molar-refractivity contribution < 1.29 is 32.6 Å². The predicted octanol–water partition coefficient (Wildman–Crippen LogP) is 2.73. The van der Waals surface area contributed by atoms with Gasteiger partial charge in [0.15, 0.2) is 0 Å². The number of amides is 1. The number of aliphatic carboxylic acids is 1. The maximum absolute atomic E-state index is 13.0. The Bertz CT molecular complexity index is 768. The summed E-state index contributed by atoms with van der Waals surface area (Å²) in [5.41, 5.74) is 0.776. The van der Waals surface area contributed by atoms with E-state index in [4.69, 9.17) is 14.6 Å². The number of aryl methyl sites for hydroxylation is 1. The summed E-state index contributed by atoms with van der Waals surface area (Å²) in [6, 6.07) is 0.398. The highest BCUT2D eigenvalue weighted by Crippen LogP contribution is 2.42. The molecule has 1 aromatic rings. The fourth-order valence-electron chi connectivity index (χ4n) is 4.08. The number of carbonyl (C=O) groups excluding carboxylic acids is 1. The van der Waals surface area contributed by atoms with Gasteiger partial charge in [-0.2, -0.15) is 13.2 Å². The smallest absolute Gasteiger partial charge is 0.475 e. The number of hydrogen-bond donors (Lipinski definition) is 2. The minimum absolute atomic E-state index is 0.0935. The summed E-state index contributed by atoms with van der Waals surface area (Å²) >= 11 is 1.70. The summed E-state index contributed by atoms with van der Waals surface area (Å²) in [5, 5.41) is 13.6. The molecule has 0 bridgehead atoms. The van der Waals surface area contributed by atoms with Gasteiger partial charge in [-0.15, -0.1) is 11.3 Å². The largest absolute Gasteiger partial charge is 0.490 e. The molecule has 3 aliphatic rings. The number of carboxylic acid groups (broad SMARTS) is 1. The molecule has 0 spiro atoms. The fraction of sp³-hybridized carbons (Fsp3) is 0.737. The third kappa shape index (κ3) is 5.30. The summed E-state index contributed by atoms with van der Waals surface area (Å²) in [5.74, 6) is -2.53. The number of carbonyl (C=O) groups is 2. The number of rotatable bonds is 4. The second-order valence-corrected chi connectivity index (χ2v) is 9.09. The Morgan fingerprint density at radius 3 is 2.63 bits per heavy atom. The van der Waals surface area contributed by atoms with E-state index in [1.165, 1.54) is 6.42 Å². The van der Waals surface area contributed by atoms with Crippen molar-refractivity contribution in [2.24, 2.45) is 5.41 Å². The fourth-order valence-corrected chi connectivity index (χ4v) is 4.68. The summed E-state index contributed by atoms with van der Waals surface area (Å²) < 4.78 is 37.7. The second kappa shape index (κ2) is 9.19. The van der Waals surface area contributed by atoms with Crippen LogP contribution in [0.5, 0.6) is 0 Å². The molecule has 168 valence electrons. The summed E-state index contributed by atoms with van der Waals surface area (Å²) in [7, 11) is 0. The minimum Gasteiger partial charge on any atom is -0.475 e. The van der Waals surface area contributed by atoms with Crippen LogP contribution in [0.2, 0.25) is 0 Å². The van der Waals surface area contributed by atoms with Gasteiger partial charge in [0.2, 0.25) is 5.91 Å². The molecule has 2 atom stereocenters. The first-order chi connectivity index (χ1) is 14.1. The highest BCUT2D eigenvalue weighted by Gasteiger charge is 2.53. The predicted molar refractivity (Wildman–Crippen MR) is 103 cm³/mol. The van der Waals surface area contributed by atoms with E-state index in [-0.39, 0.29) is 17.4 Å². The van der Waals surface area contributed by atoms with Crippen LogP contribution in [-0.4, -0.2) is 64.9 Å². The van der Waals surface area contributed by atoms with Crippen molar-refractivity contribution in [3.05, 3.63) is 16.1 Å². The van der Waals surface area contributed by atoms with E-state index in [0.717, 1.165) is 56.0 Å². The van der Waals surface area contributed by atoms with E-state index in [2.05, 4.69) is 20.6 Å². The van der Waals surface area contributed by atoms with Gasteiger partial charge in [-0.05, 0) is 39.0 Å². The number of alkyl halides is 3. The number of hydrogen-bond acceptors (Lipinski definition) is 6. The first-order valence-corrected chi connectivity index (χ1v) is 10.8. The number of thiazole rings is 1. The van der Waals surface area contributed by atoms with Gasteiger partial charge in [-0.1, -0.05) is 0 Å². The molecule has 30 heavy (non-hydrogen) atoms. The van der Waals surface area contributed by atoms with E-state index in [9.17, 15) is 18.0 Å². The SMILES string of the molecule is Cc1nc(CN2CC[C@H]3OCC[C@@]3(C(=O)NC3CCC3)C2)cs1.O=C(O)C(F)(F)F. The monoisotopic (exact) mass is 449 g/mol. The minimum atomic E-state index is -5.08. The van der Waals surface area contributed by atoms with Gasteiger partial charge in [-0.3, -0.25) is 9.69 Å². The number of ether oxygens (including phenoxy) is 1. The molecule has 0 aromatic carbocycles. The van der Waals surface area contributed by atoms with E-state index >= 15 is 0 Å². The standard InChI is InChI=1S/C17H25N3O2S.C2HF3O2/c1-12-18-14(10-23-12)9-20-7-5-15-17(11-20,6-8-22-15)16(21)19-13-3-2-4-13;3-2(4,5)1(6)7/h10,13,15H,2-9,11H2,1H3,(H,19,21);(H,6,7)/t15-,17-;/m1./s1. The molecule has 2 aliphatic heterocycles. The van der Waals surface area contributed by atoms with Crippen molar-refractivity contribution in [3.63, 3.8) is 0 Å². The second-order valence-electron chi connectivity index (χ2n) is 8.03. The summed E-state index contributed by atoms with van der Waals surface area (Å²) in [4.78, 5) is 28.8. The van der Waals surface area contributed by atoms with Crippen LogP contribution in [-0.2, 0) is 20.9 Å². The molecule has 2 saturated heterocycles. The zero-order valence-electron chi connectivity index (χ0n) is 16.7. The first kappa shape index (κ1) is 23.0. The van der Waals surface area contributed by atoms with Crippen LogP contribution in [0.1, 0.15) is 42.8 Å². The number of aromatic nitrogens is 1. The van der Waals surface area contributed by atoms with Crippen molar-refractivity contribution in [2.45, 2.75) is 63.9 Å². The normalized spacial score (nSPS) is 26.9. The van der Waals surface area contributed by atoms with E-state index in [1.54, 1.807) is 11.3 Å². The van der Waals surface area contributed by atoms with Crippen LogP contribution in [0.25, 0.3) is 0 Å². The number of nitrogens with one attached hydrogen (secondary N) is 1. The Kier molecular flexibility index (Phi) is 7.03. The average molecular weight is 449 g/mol. The average Bonchev–Trinajstić information content (AvgIpc) is 3.24. The lowest BCUT2D eigenvalue weighted by molar-refractivity contribution is -0.192. The summed E-state index contributed by atoms with van der Waals surface area (Å²) in [6.07, 6.45) is 0.317. The lowest BCUT2D eigenvalue weighted by Gasteiger charge is -2.43. The van der Waals surface area contributed by atoms with Gasteiger partial charge in [-0.25, -0.2) is 9.78 Å². The first-order valence-electron chi connectivity index (χ1n) is 9.96. The molecule has 1 aliphatic carbocycles. The Morgan fingerprint density at radius 1 is 1.40 bits per heavy atom. The molecule has 3 heterocycles. The Morgan fingerprint density at radius 2 is 2.10 bits per heavy atom. The number of nitrogens with zero attached hydrogens (tertiary/aromatic N) is 2. The molecule has 2 N–H and O–H groups in total. The van der Waals surface area contributed by atoms with Crippen molar-refractivity contribution in [2.75, 3.05) is 19.7 Å². The maximum Gasteiger partial charge on any atom is 0.490 e. The van der Waals surface area contributed by atoms with Gasteiger partial charge >= 0.3 is 12.1 Å². The van der Waals surface area contributed by atoms with E-state index in [0.29, 0.717) is 12.6 Å². The molecule has 11 heteroatoms. The van der Waals surface area contributed by atoms with Crippen molar-refractivity contribution in [1.29, 1.82) is 0 Å². The van der Waals surface area contributed by atoms with Crippen molar-refractivity contribution >= 4 is 23.2 Å². The number of fused-ring (bicyclic) bond motifs is 1. The Labute approximate surface area is 176 Å². The molecule has 0 unspecified atom stereocenters. The van der Waals surface area contributed by atoms with Crippen LogP contribution in [0.4, 0.5) is 13.2 Å². The van der Waals surface area contributed by atoms with Crippen LogP contribution in [0, 0.1) is 12.3 Å². The molecule has 1 saturated carbocycles. The van der Waals surface area contributed by atoms with Crippen molar-refractivity contribution in [3.8, 4) is 0 Å². The molecular weight excluding hydrogens is 423 g/mol. The molecule has 7 nitrogen and oxygen atoms in total. The number of piperidine rings is 1. The lowest BCUT2D eigenvalue weighted by Crippen LogP contribution is -2.58. The van der Waals surface area contributed by atoms with Gasteiger partial charge in [0.05, 0.1) is 22.2 Å². The van der Waals surface area contributed by atoms with Crippen molar-refractivity contribution in [1.82, 2.24) is 15.2 Å². The quantitative estimate of drug-likeness (QED) is 0.735. The molecule has 1 aromatic heterocycles. The van der Waals surface area contributed by atoms with Gasteiger partial charge < -0.3 is 15.2 Å². The molecule has 1 amide bonds. The highest BCUT2D eigenvalue weighted by atomic mass is 32.1. The van der Waals surface area contributed by atoms with Crippen LogP contribution >= 0.6 is 11.3 Å². The zero-order chi connectivity index (χ0) is 21.9. The third-order valence-corrected chi connectivity index (χ3v) is 6.71. The Balaban J connectivity index is 0.000000318. The zero-order valence-corrected chi connectivity index (χ0v) is 17.5. The number of halogens is 3. The van der Waals surface area contributed by atoms with Crippen LogP contribution < -0.4 is 5.32 Å². The van der Waals surface area contributed by atoms with Gasteiger partial charge in [0.1, 0.15) is 0 Å². The number of carboxylic acids is 1. The lowest BCUT2D eigenvalue weighted by atomic mass is 9.75. The highest BCUT2D eigenvalue weighted by molar-refractivity contribution is 7.09. The summed E-state index contributed by atoms with van der Waals surface area (Å²) in [6.45, 7) is 5.38. The Hall–Kier alpha value is -1.72. The third-order valence-electron chi connectivity index (χ3n) is 5.88. The van der Waals surface area contributed by atoms with Gasteiger partial charge in [0, 0.05) is 37.7 Å². The molecule has 4 rings (SSSR count).